The number of aliphatic hydroxyl groups is 1. The fourth-order valence-electron chi connectivity index (χ4n) is 2.34. The van der Waals surface area contributed by atoms with E-state index in [9.17, 15) is 9.50 Å². The van der Waals surface area contributed by atoms with E-state index in [4.69, 9.17) is 0 Å². The summed E-state index contributed by atoms with van der Waals surface area (Å²) in [7, 11) is 0. The minimum atomic E-state index is -0.719. The normalized spacial score (nSPS) is 12.8. The van der Waals surface area contributed by atoms with Crippen molar-refractivity contribution in [2.75, 3.05) is 0 Å². The van der Waals surface area contributed by atoms with Gasteiger partial charge in [-0.3, -0.25) is 0 Å². The standard InChI is InChI=1S/C16H13FOS/c1-10-9-12(17)5-6-13(10)15(18)14-4-2-3-11-7-8-19-16(11)14/h2-9,15,18H,1H3. The van der Waals surface area contributed by atoms with Gasteiger partial charge < -0.3 is 5.11 Å². The van der Waals surface area contributed by atoms with E-state index in [1.54, 1.807) is 17.4 Å². The molecule has 0 aliphatic rings. The Morgan fingerprint density at radius 1 is 1.11 bits per heavy atom. The smallest absolute Gasteiger partial charge is 0.123 e. The number of benzene rings is 2. The van der Waals surface area contributed by atoms with Crippen molar-refractivity contribution in [1.82, 2.24) is 0 Å². The number of hydrogen-bond donors (Lipinski definition) is 1. The maximum atomic E-state index is 13.1. The molecule has 1 nitrogen and oxygen atoms in total. The zero-order chi connectivity index (χ0) is 13.4. The fourth-order valence-corrected chi connectivity index (χ4v) is 3.28. The zero-order valence-corrected chi connectivity index (χ0v) is 11.2. The van der Waals surface area contributed by atoms with Crippen LogP contribution in [0.15, 0.2) is 47.8 Å². The molecule has 0 aliphatic heterocycles. The number of halogens is 1. The van der Waals surface area contributed by atoms with Crippen LogP contribution in [-0.4, -0.2) is 5.11 Å². The van der Waals surface area contributed by atoms with E-state index in [1.807, 2.05) is 36.6 Å². The third-order valence-electron chi connectivity index (χ3n) is 3.33. The van der Waals surface area contributed by atoms with Gasteiger partial charge in [0.05, 0.1) is 0 Å². The molecular formula is C16H13FOS. The molecule has 1 atom stereocenters. The van der Waals surface area contributed by atoms with E-state index in [0.29, 0.717) is 0 Å². The number of aryl methyl sites for hydroxylation is 1. The van der Waals surface area contributed by atoms with Crippen molar-refractivity contribution in [3.8, 4) is 0 Å². The van der Waals surface area contributed by atoms with Gasteiger partial charge in [-0.1, -0.05) is 24.3 Å². The molecule has 1 N–H and O–H groups in total. The van der Waals surface area contributed by atoms with Gasteiger partial charge in [-0.2, -0.15) is 0 Å². The predicted octanol–water partition coefficient (Wildman–Crippen LogP) is 4.43. The first-order chi connectivity index (χ1) is 9.16. The monoisotopic (exact) mass is 272 g/mol. The Kier molecular flexibility index (Phi) is 3.09. The minimum Gasteiger partial charge on any atom is -0.384 e. The lowest BCUT2D eigenvalue weighted by Gasteiger charge is -2.15. The van der Waals surface area contributed by atoms with Crippen LogP contribution < -0.4 is 0 Å². The Morgan fingerprint density at radius 3 is 2.74 bits per heavy atom. The Morgan fingerprint density at radius 2 is 1.95 bits per heavy atom. The molecule has 96 valence electrons. The van der Waals surface area contributed by atoms with E-state index >= 15 is 0 Å². The Labute approximate surface area is 115 Å². The van der Waals surface area contributed by atoms with Crippen LogP contribution in [0.3, 0.4) is 0 Å². The van der Waals surface area contributed by atoms with Crippen molar-refractivity contribution < 1.29 is 9.50 Å². The first-order valence-corrected chi connectivity index (χ1v) is 6.95. The van der Waals surface area contributed by atoms with Gasteiger partial charge in [0.15, 0.2) is 0 Å². The summed E-state index contributed by atoms with van der Waals surface area (Å²) in [5.41, 5.74) is 2.39. The molecule has 0 aliphatic carbocycles. The average Bonchev–Trinajstić information content (AvgIpc) is 2.86. The second-order valence-electron chi connectivity index (χ2n) is 4.59. The molecular weight excluding hydrogens is 259 g/mol. The molecule has 0 saturated heterocycles. The number of rotatable bonds is 2. The SMILES string of the molecule is Cc1cc(F)ccc1C(O)c1cccc2ccsc12. The molecule has 0 radical (unpaired) electrons. The van der Waals surface area contributed by atoms with Gasteiger partial charge >= 0.3 is 0 Å². The summed E-state index contributed by atoms with van der Waals surface area (Å²) in [5, 5.41) is 13.7. The predicted molar refractivity (Wildman–Crippen MR) is 77.0 cm³/mol. The molecule has 3 aromatic rings. The first-order valence-electron chi connectivity index (χ1n) is 6.07. The van der Waals surface area contributed by atoms with Gasteiger partial charge in [-0.05, 0) is 47.0 Å². The molecule has 1 aromatic heterocycles. The highest BCUT2D eigenvalue weighted by molar-refractivity contribution is 7.17. The summed E-state index contributed by atoms with van der Waals surface area (Å²) in [6, 6.07) is 12.4. The Hall–Kier alpha value is -1.71. The second kappa shape index (κ2) is 4.76. The summed E-state index contributed by atoms with van der Waals surface area (Å²) in [6.07, 6.45) is -0.719. The molecule has 1 unspecified atom stereocenters. The molecule has 2 aromatic carbocycles. The summed E-state index contributed by atoms with van der Waals surface area (Å²) in [6.45, 7) is 1.82. The highest BCUT2D eigenvalue weighted by atomic mass is 32.1. The molecule has 0 fully saturated rings. The molecule has 0 amide bonds. The van der Waals surface area contributed by atoms with Crippen molar-refractivity contribution in [3.63, 3.8) is 0 Å². The van der Waals surface area contributed by atoms with Crippen molar-refractivity contribution in [2.45, 2.75) is 13.0 Å². The molecule has 19 heavy (non-hydrogen) atoms. The van der Waals surface area contributed by atoms with Crippen LogP contribution >= 0.6 is 11.3 Å². The number of aliphatic hydroxyl groups excluding tert-OH is 1. The van der Waals surface area contributed by atoms with Crippen molar-refractivity contribution in [3.05, 3.63) is 70.4 Å². The molecule has 3 heteroatoms. The van der Waals surface area contributed by atoms with Crippen LogP contribution in [0.1, 0.15) is 22.8 Å². The first kappa shape index (κ1) is 12.3. The quantitative estimate of drug-likeness (QED) is 0.731. The molecule has 0 spiro atoms. The molecule has 3 rings (SSSR count). The molecule has 0 saturated carbocycles. The van der Waals surface area contributed by atoms with Crippen molar-refractivity contribution >= 4 is 21.4 Å². The van der Waals surface area contributed by atoms with Gasteiger partial charge in [0, 0.05) is 10.3 Å². The Balaban J connectivity index is 2.13. The van der Waals surface area contributed by atoms with Gasteiger partial charge in [-0.25, -0.2) is 4.39 Å². The third kappa shape index (κ3) is 2.15. The van der Waals surface area contributed by atoms with Gasteiger partial charge in [0.1, 0.15) is 11.9 Å². The van der Waals surface area contributed by atoms with Crippen LogP contribution in [0.25, 0.3) is 10.1 Å². The zero-order valence-electron chi connectivity index (χ0n) is 10.4. The van der Waals surface area contributed by atoms with Gasteiger partial charge in [0.25, 0.3) is 0 Å². The van der Waals surface area contributed by atoms with E-state index in [-0.39, 0.29) is 5.82 Å². The molecule has 0 bridgehead atoms. The topological polar surface area (TPSA) is 20.2 Å². The van der Waals surface area contributed by atoms with E-state index in [2.05, 4.69) is 0 Å². The summed E-state index contributed by atoms with van der Waals surface area (Å²) >= 11 is 1.61. The van der Waals surface area contributed by atoms with E-state index in [0.717, 1.165) is 26.8 Å². The Bertz CT molecular complexity index is 732. The van der Waals surface area contributed by atoms with Crippen molar-refractivity contribution in [2.24, 2.45) is 0 Å². The average molecular weight is 272 g/mol. The highest BCUT2D eigenvalue weighted by Crippen LogP contribution is 2.33. The van der Waals surface area contributed by atoms with Gasteiger partial charge in [0.2, 0.25) is 0 Å². The number of hydrogen-bond acceptors (Lipinski definition) is 2. The second-order valence-corrected chi connectivity index (χ2v) is 5.51. The van der Waals surface area contributed by atoms with Crippen LogP contribution in [0.2, 0.25) is 0 Å². The number of fused-ring (bicyclic) bond motifs is 1. The van der Waals surface area contributed by atoms with Crippen molar-refractivity contribution in [1.29, 1.82) is 0 Å². The van der Waals surface area contributed by atoms with Gasteiger partial charge in [-0.15, -0.1) is 11.3 Å². The summed E-state index contributed by atoms with van der Waals surface area (Å²) < 4.78 is 14.2. The summed E-state index contributed by atoms with van der Waals surface area (Å²) in [4.78, 5) is 0. The maximum Gasteiger partial charge on any atom is 0.123 e. The maximum absolute atomic E-state index is 13.1. The number of thiophene rings is 1. The molecule has 1 heterocycles. The fraction of sp³-hybridized carbons (Fsp3) is 0.125. The lowest BCUT2D eigenvalue weighted by molar-refractivity contribution is 0.221. The lowest BCUT2D eigenvalue weighted by atomic mass is 9.97. The van der Waals surface area contributed by atoms with Crippen LogP contribution in [0.5, 0.6) is 0 Å². The van der Waals surface area contributed by atoms with E-state index < -0.39 is 6.10 Å². The summed E-state index contributed by atoms with van der Waals surface area (Å²) in [5.74, 6) is -0.275. The highest BCUT2D eigenvalue weighted by Gasteiger charge is 2.16. The lowest BCUT2D eigenvalue weighted by Crippen LogP contribution is -2.02. The van der Waals surface area contributed by atoms with Crippen LogP contribution in [0.4, 0.5) is 4.39 Å². The van der Waals surface area contributed by atoms with Crippen LogP contribution in [-0.2, 0) is 0 Å². The third-order valence-corrected chi connectivity index (χ3v) is 4.31. The van der Waals surface area contributed by atoms with Crippen LogP contribution in [0, 0.1) is 12.7 Å². The largest absolute Gasteiger partial charge is 0.384 e. The van der Waals surface area contributed by atoms with E-state index in [1.165, 1.54) is 12.1 Å². The minimum absolute atomic E-state index is 0.275.